The van der Waals surface area contributed by atoms with Gasteiger partial charge in [-0.1, -0.05) is 6.42 Å². The SMILES string of the molecule is Cc1c[nH]c(=O)[nH]c1=O.ClCCCCCCl. The van der Waals surface area contributed by atoms with Crippen LogP contribution >= 0.6 is 23.2 Å². The summed E-state index contributed by atoms with van der Waals surface area (Å²) < 4.78 is 0. The molecular formula is C10H16Cl2N2O2. The molecule has 1 rings (SSSR count). The first-order valence-electron chi connectivity index (χ1n) is 5.02. The van der Waals surface area contributed by atoms with Gasteiger partial charge in [-0.05, 0) is 19.8 Å². The van der Waals surface area contributed by atoms with Crippen molar-refractivity contribution in [3.63, 3.8) is 0 Å². The second-order valence-corrected chi connectivity index (χ2v) is 3.95. The molecule has 0 aliphatic rings. The van der Waals surface area contributed by atoms with Gasteiger partial charge in [0.1, 0.15) is 0 Å². The lowest BCUT2D eigenvalue weighted by molar-refractivity contribution is 0.780. The van der Waals surface area contributed by atoms with Crippen molar-refractivity contribution in [2.45, 2.75) is 26.2 Å². The maximum absolute atomic E-state index is 10.6. The van der Waals surface area contributed by atoms with E-state index in [4.69, 9.17) is 23.2 Å². The zero-order valence-electron chi connectivity index (χ0n) is 9.19. The van der Waals surface area contributed by atoms with Gasteiger partial charge in [-0.25, -0.2) is 4.79 Å². The fraction of sp³-hybridized carbons (Fsp3) is 0.600. The van der Waals surface area contributed by atoms with Crippen molar-refractivity contribution in [1.82, 2.24) is 9.97 Å². The minimum absolute atomic E-state index is 0.334. The zero-order valence-corrected chi connectivity index (χ0v) is 10.7. The third kappa shape index (κ3) is 7.54. The van der Waals surface area contributed by atoms with Crippen molar-refractivity contribution < 1.29 is 0 Å². The molecule has 0 saturated heterocycles. The monoisotopic (exact) mass is 266 g/mol. The average Bonchev–Trinajstić information content (AvgIpc) is 2.26. The fourth-order valence-corrected chi connectivity index (χ4v) is 1.22. The maximum atomic E-state index is 10.6. The number of aromatic nitrogens is 2. The molecule has 0 amide bonds. The van der Waals surface area contributed by atoms with E-state index in [1.807, 2.05) is 0 Å². The van der Waals surface area contributed by atoms with Gasteiger partial charge in [-0.2, -0.15) is 0 Å². The summed E-state index contributed by atoms with van der Waals surface area (Å²) in [5.41, 5.74) is -0.293. The Hall–Kier alpha value is -0.740. The van der Waals surface area contributed by atoms with Crippen LogP contribution in [0, 0.1) is 6.92 Å². The highest BCUT2D eigenvalue weighted by Crippen LogP contribution is 1.97. The third-order valence-corrected chi connectivity index (χ3v) is 2.31. The lowest BCUT2D eigenvalue weighted by atomic mass is 10.3. The lowest BCUT2D eigenvalue weighted by Gasteiger charge is -1.88. The van der Waals surface area contributed by atoms with Gasteiger partial charge in [-0.15, -0.1) is 23.2 Å². The Morgan fingerprint density at radius 3 is 2.06 bits per heavy atom. The second kappa shape index (κ2) is 9.48. The molecule has 6 heteroatoms. The van der Waals surface area contributed by atoms with Gasteiger partial charge in [0.25, 0.3) is 5.56 Å². The molecule has 0 aromatic carbocycles. The Morgan fingerprint density at radius 2 is 1.69 bits per heavy atom. The molecule has 0 aliphatic carbocycles. The van der Waals surface area contributed by atoms with Crippen LogP contribution in [0.4, 0.5) is 0 Å². The van der Waals surface area contributed by atoms with Gasteiger partial charge in [0.05, 0.1) is 0 Å². The van der Waals surface area contributed by atoms with Crippen LogP contribution in [-0.2, 0) is 0 Å². The summed E-state index contributed by atoms with van der Waals surface area (Å²) in [6.07, 6.45) is 4.76. The summed E-state index contributed by atoms with van der Waals surface area (Å²) in [5, 5.41) is 0. The maximum Gasteiger partial charge on any atom is 0.325 e. The Labute approximate surface area is 104 Å². The van der Waals surface area contributed by atoms with Crippen LogP contribution in [0.2, 0.25) is 0 Å². The van der Waals surface area contributed by atoms with Crippen molar-refractivity contribution in [2.24, 2.45) is 0 Å². The third-order valence-electron chi connectivity index (χ3n) is 1.77. The van der Waals surface area contributed by atoms with Crippen LogP contribution < -0.4 is 11.2 Å². The molecule has 1 heterocycles. The number of nitrogens with one attached hydrogen (secondary N) is 2. The summed E-state index contributed by atoms with van der Waals surface area (Å²) in [6, 6.07) is 0. The molecule has 0 aliphatic heterocycles. The molecule has 1 aromatic rings. The highest BCUT2D eigenvalue weighted by Gasteiger charge is 1.88. The zero-order chi connectivity index (χ0) is 12.4. The Balaban J connectivity index is 0.000000293. The number of halogens is 2. The quantitative estimate of drug-likeness (QED) is 0.647. The van der Waals surface area contributed by atoms with Gasteiger partial charge in [0, 0.05) is 23.5 Å². The number of alkyl halides is 2. The molecule has 0 radical (unpaired) electrons. The molecule has 0 bridgehead atoms. The van der Waals surface area contributed by atoms with Crippen LogP contribution in [0.1, 0.15) is 24.8 Å². The highest BCUT2D eigenvalue weighted by atomic mass is 35.5. The molecule has 0 saturated carbocycles. The predicted molar refractivity (Wildman–Crippen MR) is 67.7 cm³/mol. The smallest absolute Gasteiger partial charge is 0.314 e. The number of rotatable bonds is 4. The molecule has 0 unspecified atom stereocenters. The minimum atomic E-state index is -0.467. The first kappa shape index (κ1) is 15.3. The van der Waals surface area contributed by atoms with Gasteiger partial charge in [0.15, 0.2) is 0 Å². The van der Waals surface area contributed by atoms with E-state index in [1.165, 1.54) is 12.6 Å². The van der Waals surface area contributed by atoms with Crippen LogP contribution in [0.5, 0.6) is 0 Å². The Morgan fingerprint density at radius 1 is 1.12 bits per heavy atom. The number of aryl methyl sites for hydroxylation is 1. The van der Waals surface area contributed by atoms with E-state index in [0.717, 1.165) is 24.6 Å². The van der Waals surface area contributed by atoms with Crippen LogP contribution in [-0.4, -0.2) is 21.7 Å². The minimum Gasteiger partial charge on any atom is -0.314 e. The molecule has 0 atom stereocenters. The highest BCUT2D eigenvalue weighted by molar-refractivity contribution is 6.18. The van der Waals surface area contributed by atoms with Crippen molar-refractivity contribution in [3.05, 3.63) is 32.6 Å². The molecule has 2 N–H and O–H groups in total. The number of H-pyrrole nitrogens is 2. The molecule has 0 fully saturated rings. The molecule has 4 nitrogen and oxygen atoms in total. The lowest BCUT2D eigenvalue weighted by Crippen LogP contribution is -2.22. The number of hydrogen-bond acceptors (Lipinski definition) is 2. The van der Waals surface area contributed by atoms with Crippen LogP contribution in [0.15, 0.2) is 15.8 Å². The topological polar surface area (TPSA) is 65.7 Å². The Kier molecular flexibility index (Phi) is 9.04. The molecule has 16 heavy (non-hydrogen) atoms. The normalized spacial score (nSPS) is 9.44. The van der Waals surface area contributed by atoms with Crippen LogP contribution in [0.3, 0.4) is 0 Å². The van der Waals surface area contributed by atoms with Gasteiger partial charge >= 0.3 is 5.69 Å². The second-order valence-electron chi connectivity index (χ2n) is 3.19. The standard InChI is InChI=1S/C5H10Cl2.C5H6N2O2/c6-4-2-1-3-5-7;1-3-2-6-5(9)7-4(3)8/h1-5H2;2H,1H3,(H2,6,7,8,9). The van der Waals surface area contributed by atoms with Crippen molar-refractivity contribution >= 4 is 23.2 Å². The van der Waals surface area contributed by atoms with Gasteiger partial charge in [0.2, 0.25) is 0 Å². The summed E-state index contributed by atoms with van der Waals surface area (Å²) in [4.78, 5) is 25.3. The van der Waals surface area contributed by atoms with Crippen LogP contribution in [0.25, 0.3) is 0 Å². The number of hydrogen-bond donors (Lipinski definition) is 2. The van der Waals surface area contributed by atoms with E-state index in [9.17, 15) is 9.59 Å². The van der Waals surface area contributed by atoms with E-state index in [1.54, 1.807) is 6.92 Å². The number of unbranched alkanes of at least 4 members (excludes halogenated alkanes) is 2. The molecular weight excluding hydrogens is 251 g/mol. The van der Waals surface area contributed by atoms with E-state index < -0.39 is 5.69 Å². The van der Waals surface area contributed by atoms with Crippen molar-refractivity contribution in [3.8, 4) is 0 Å². The molecule has 92 valence electrons. The van der Waals surface area contributed by atoms with E-state index >= 15 is 0 Å². The molecule has 1 aromatic heterocycles. The summed E-state index contributed by atoms with van der Waals surface area (Å²) >= 11 is 10.8. The average molecular weight is 267 g/mol. The largest absolute Gasteiger partial charge is 0.325 e. The summed E-state index contributed by atoms with van der Waals surface area (Å²) in [5.74, 6) is 1.55. The van der Waals surface area contributed by atoms with E-state index in [0.29, 0.717) is 5.56 Å². The predicted octanol–water partition coefficient (Wildman–Crippen LogP) is 2.01. The van der Waals surface area contributed by atoms with Crippen molar-refractivity contribution in [2.75, 3.05) is 11.8 Å². The number of aromatic amines is 2. The van der Waals surface area contributed by atoms with Gasteiger partial charge in [-0.3, -0.25) is 9.78 Å². The summed E-state index contributed by atoms with van der Waals surface area (Å²) in [6.45, 7) is 1.62. The first-order valence-corrected chi connectivity index (χ1v) is 6.09. The Bertz CT molecular complexity index is 383. The van der Waals surface area contributed by atoms with Crippen molar-refractivity contribution in [1.29, 1.82) is 0 Å². The summed E-state index contributed by atoms with van der Waals surface area (Å²) in [7, 11) is 0. The molecule has 0 spiro atoms. The van der Waals surface area contributed by atoms with Gasteiger partial charge < -0.3 is 4.98 Å². The first-order chi connectivity index (χ1) is 7.61. The van der Waals surface area contributed by atoms with E-state index in [2.05, 4.69) is 9.97 Å². The van der Waals surface area contributed by atoms with E-state index in [-0.39, 0.29) is 5.56 Å². The fourth-order valence-electron chi connectivity index (χ4n) is 0.843.